The van der Waals surface area contributed by atoms with E-state index in [-0.39, 0.29) is 24.0 Å². The van der Waals surface area contributed by atoms with Crippen molar-refractivity contribution >= 4 is 35.6 Å². The Hall–Kier alpha value is -2.23. The summed E-state index contributed by atoms with van der Waals surface area (Å²) in [4.78, 5) is 8.81. The summed E-state index contributed by atoms with van der Waals surface area (Å²) in [6, 6.07) is 11.6. The molecule has 3 aromatic heterocycles. The second kappa shape index (κ2) is 9.16. The molecule has 0 radical (unpaired) electrons. The minimum atomic E-state index is 0. The van der Waals surface area contributed by atoms with E-state index in [0.717, 1.165) is 29.7 Å². The molecule has 0 aliphatic heterocycles. The van der Waals surface area contributed by atoms with Gasteiger partial charge < -0.3 is 10.6 Å². The van der Waals surface area contributed by atoms with Gasteiger partial charge in [0.25, 0.3) is 0 Å². The highest BCUT2D eigenvalue weighted by Gasteiger charge is 2.05. The number of nitrogens with one attached hydrogen (secondary N) is 2. The van der Waals surface area contributed by atoms with Gasteiger partial charge in [-0.3, -0.25) is 9.38 Å². The summed E-state index contributed by atoms with van der Waals surface area (Å²) in [6.45, 7) is 3.88. The Labute approximate surface area is 157 Å². The molecule has 7 nitrogen and oxygen atoms in total. The Morgan fingerprint density at radius 1 is 1.12 bits per heavy atom. The fraction of sp³-hybridized carbons (Fsp3) is 0.250. The van der Waals surface area contributed by atoms with Crippen molar-refractivity contribution in [3.8, 4) is 0 Å². The second-order valence-electron chi connectivity index (χ2n) is 4.91. The van der Waals surface area contributed by atoms with Gasteiger partial charge in [0.05, 0.1) is 18.8 Å². The van der Waals surface area contributed by atoms with Crippen LogP contribution in [-0.4, -0.2) is 32.1 Å². The molecule has 0 aliphatic rings. The Balaban J connectivity index is 0.00000208. The maximum absolute atomic E-state index is 4.54. The molecule has 0 spiro atoms. The van der Waals surface area contributed by atoms with Gasteiger partial charge in [0.1, 0.15) is 0 Å². The van der Waals surface area contributed by atoms with Gasteiger partial charge in [0.2, 0.25) is 0 Å². The lowest BCUT2D eigenvalue weighted by molar-refractivity contribution is 0.763. The molecule has 24 heavy (non-hydrogen) atoms. The van der Waals surface area contributed by atoms with Crippen LogP contribution in [0.1, 0.15) is 18.4 Å². The number of guanidine groups is 1. The smallest absolute Gasteiger partial charge is 0.192 e. The van der Waals surface area contributed by atoms with Crippen LogP contribution in [0.5, 0.6) is 0 Å². The number of aliphatic imine (C=N–C) groups is 1. The topological polar surface area (TPSA) is 79.5 Å². The van der Waals surface area contributed by atoms with Gasteiger partial charge in [-0.2, -0.15) is 0 Å². The van der Waals surface area contributed by atoms with Crippen molar-refractivity contribution in [1.29, 1.82) is 0 Å². The Bertz CT molecular complexity index is 785. The van der Waals surface area contributed by atoms with Crippen molar-refractivity contribution in [2.24, 2.45) is 4.99 Å². The van der Waals surface area contributed by atoms with Crippen molar-refractivity contribution in [2.75, 3.05) is 6.54 Å². The fourth-order valence-electron chi connectivity index (χ4n) is 2.17. The molecule has 0 fully saturated rings. The third-order valence-corrected chi connectivity index (χ3v) is 3.27. The van der Waals surface area contributed by atoms with Crippen molar-refractivity contribution in [1.82, 2.24) is 30.2 Å². The second-order valence-corrected chi connectivity index (χ2v) is 4.91. The summed E-state index contributed by atoms with van der Waals surface area (Å²) in [6.07, 6.45) is 3.72. The van der Waals surface area contributed by atoms with Gasteiger partial charge in [-0.15, -0.1) is 34.2 Å². The lowest BCUT2D eigenvalue weighted by Crippen LogP contribution is -2.37. The van der Waals surface area contributed by atoms with Crippen LogP contribution in [-0.2, 0) is 13.1 Å². The molecule has 126 valence electrons. The summed E-state index contributed by atoms with van der Waals surface area (Å²) in [7, 11) is 0. The highest BCUT2D eigenvalue weighted by atomic mass is 127. The number of hydrogen-bond donors (Lipinski definition) is 2. The van der Waals surface area contributed by atoms with E-state index in [9.17, 15) is 0 Å². The molecule has 0 unspecified atom stereocenters. The van der Waals surface area contributed by atoms with E-state index in [2.05, 4.69) is 30.8 Å². The van der Waals surface area contributed by atoms with Gasteiger partial charge >= 0.3 is 0 Å². The van der Waals surface area contributed by atoms with E-state index < -0.39 is 0 Å². The van der Waals surface area contributed by atoms with Crippen LogP contribution in [0.25, 0.3) is 5.65 Å². The predicted octanol–water partition coefficient (Wildman–Crippen LogP) is 2.00. The van der Waals surface area contributed by atoms with E-state index in [1.165, 1.54) is 0 Å². The summed E-state index contributed by atoms with van der Waals surface area (Å²) in [5.74, 6) is 1.56. The number of rotatable bonds is 5. The highest BCUT2D eigenvalue weighted by molar-refractivity contribution is 14.0. The molecule has 8 heteroatoms. The molecule has 0 amide bonds. The van der Waals surface area contributed by atoms with Crippen LogP contribution >= 0.6 is 24.0 Å². The standard InChI is InChI=1S/C16H19N7.HI/c1-2-17-16(19-11-13-7-3-5-9-18-13)20-12-15-22-21-14-8-4-6-10-23(14)15;/h3-10H,2,11-12H2,1H3,(H2,17,19,20);1H. The molecule has 0 aliphatic carbocycles. The minimum Gasteiger partial charge on any atom is -0.357 e. The maximum atomic E-state index is 4.54. The third-order valence-electron chi connectivity index (χ3n) is 3.27. The number of aromatic nitrogens is 4. The van der Waals surface area contributed by atoms with Crippen molar-refractivity contribution in [2.45, 2.75) is 20.0 Å². The molecule has 2 N–H and O–H groups in total. The van der Waals surface area contributed by atoms with Gasteiger partial charge in [-0.1, -0.05) is 12.1 Å². The number of halogens is 1. The molecule has 0 saturated heterocycles. The Morgan fingerprint density at radius 3 is 2.79 bits per heavy atom. The van der Waals surface area contributed by atoms with Gasteiger partial charge in [0.15, 0.2) is 17.4 Å². The third kappa shape index (κ3) is 4.63. The Morgan fingerprint density at radius 2 is 2.00 bits per heavy atom. The first-order valence-corrected chi connectivity index (χ1v) is 7.57. The van der Waals surface area contributed by atoms with Gasteiger partial charge in [-0.05, 0) is 31.2 Å². The minimum absolute atomic E-state index is 0. The average molecular weight is 437 g/mol. The van der Waals surface area contributed by atoms with Crippen LogP contribution in [0.3, 0.4) is 0 Å². The highest BCUT2D eigenvalue weighted by Crippen LogP contribution is 2.02. The Kier molecular flexibility index (Phi) is 6.91. The van der Waals surface area contributed by atoms with Crippen molar-refractivity contribution < 1.29 is 0 Å². The first-order chi connectivity index (χ1) is 11.4. The number of fused-ring (bicyclic) bond motifs is 1. The summed E-state index contributed by atoms with van der Waals surface area (Å²) >= 11 is 0. The van der Waals surface area contributed by atoms with Crippen LogP contribution in [0, 0.1) is 0 Å². The van der Waals surface area contributed by atoms with Crippen molar-refractivity contribution in [3.05, 3.63) is 60.3 Å². The van der Waals surface area contributed by atoms with Crippen LogP contribution in [0.2, 0.25) is 0 Å². The lowest BCUT2D eigenvalue weighted by atomic mass is 10.3. The maximum Gasteiger partial charge on any atom is 0.192 e. The molecule has 3 heterocycles. The molecule has 0 atom stereocenters. The molecule has 3 rings (SSSR count). The van der Waals surface area contributed by atoms with E-state index in [4.69, 9.17) is 0 Å². The summed E-state index contributed by atoms with van der Waals surface area (Å²) in [5, 5.41) is 14.8. The molecule has 0 aromatic carbocycles. The number of pyridine rings is 2. The molecular formula is C16H20IN7. The normalized spacial score (nSPS) is 11.1. The first-order valence-electron chi connectivity index (χ1n) is 7.57. The molecule has 0 bridgehead atoms. The monoisotopic (exact) mass is 437 g/mol. The first kappa shape index (κ1) is 18.1. The molecular weight excluding hydrogens is 417 g/mol. The average Bonchev–Trinajstić information content (AvgIpc) is 3.01. The molecule has 0 saturated carbocycles. The number of nitrogens with zero attached hydrogens (tertiary/aromatic N) is 5. The lowest BCUT2D eigenvalue weighted by Gasteiger charge is -2.10. The van der Waals surface area contributed by atoms with E-state index in [1.807, 2.05) is 53.9 Å². The zero-order valence-corrected chi connectivity index (χ0v) is 15.7. The summed E-state index contributed by atoms with van der Waals surface area (Å²) < 4.78 is 1.95. The molecule has 3 aromatic rings. The van der Waals surface area contributed by atoms with Crippen LogP contribution in [0.4, 0.5) is 0 Å². The zero-order chi connectivity index (χ0) is 15.9. The summed E-state index contributed by atoms with van der Waals surface area (Å²) in [5.41, 5.74) is 1.76. The van der Waals surface area contributed by atoms with Gasteiger partial charge in [0, 0.05) is 18.9 Å². The van der Waals surface area contributed by atoms with E-state index in [0.29, 0.717) is 13.1 Å². The van der Waals surface area contributed by atoms with E-state index >= 15 is 0 Å². The largest absolute Gasteiger partial charge is 0.357 e. The quantitative estimate of drug-likeness (QED) is 0.363. The van der Waals surface area contributed by atoms with Crippen LogP contribution in [0.15, 0.2) is 53.8 Å². The number of hydrogen-bond acceptors (Lipinski definition) is 4. The van der Waals surface area contributed by atoms with Gasteiger partial charge in [-0.25, -0.2) is 4.99 Å². The SMILES string of the molecule is CCNC(=NCc1ccccn1)NCc1nnc2ccccn12.I. The van der Waals surface area contributed by atoms with Crippen molar-refractivity contribution in [3.63, 3.8) is 0 Å². The predicted molar refractivity (Wildman–Crippen MR) is 104 cm³/mol. The fourth-order valence-corrected chi connectivity index (χ4v) is 2.17. The van der Waals surface area contributed by atoms with Crippen LogP contribution < -0.4 is 10.6 Å². The van der Waals surface area contributed by atoms with E-state index in [1.54, 1.807) is 6.20 Å². The zero-order valence-electron chi connectivity index (χ0n) is 13.4.